The molecule has 1 aliphatic rings. The van der Waals surface area contributed by atoms with Gasteiger partial charge in [0.05, 0.1) is 17.0 Å². The van der Waals surface area contributed by atoms with E-state index in [1.807, 2.05) is 37.3 Å². The van der Waals surface area contributed by atoms with Crippen LogP contribution in [0.1, 0.15) is 39.4 Å². The monoisotopic (exact) mass is 538 g/mol. The van der Waals surface area contributed by atoms with Crippen molar-refractivity contribution in [2.45, 2.75) is 42.0 Å². The number of halogens is 1. The minimum absolute atomic E-state index is 0.0366. The van der Waals surface area contributed by atoms with Gasteiger partial charge in [-0.05, 0) is 56.4 Å². The van der Waals surface area contributed by atoms with Gasteiger partial charge in [-0.2, -0.15) is 8.42 Å². The zero-order valence-corrected chi connectivity index (χ0v) is 21.4. The molecule has 4 rings (SSSR count). The van der Waals surface area contributed by atoms with E-state index >= 15 is 0 Å². The van der Waals surface area contributed by atoms with Gasteiger partial charge in [0.2, 0.25) is 5.78 Å². The summed E-state index contributed by atoms with van der Waals surface area (Å²) >= 11 is 9.09. The summed E-state index contributed by atoms with van der Waals surface area (Å²) in [4.78, 5) is 25.3. The van der Waals surface area contributed by atoms with Crippen LogP contribution in [0.2, 0.25) is 5.02 Å². The van der Waals surface area contributed by atoms with E-state index in [0.29, 0.717) is 27.7 Å². The standard InChI is InChI=1S/C22H23ClN4O4S3/c1-13-19(33-17-4-2-3-15(23)8-17)9-20(32-13)21(28)18-10-25-12-26-22(18)27-16-6-5-14(7-16)11-31-34(24,29)30/h2-4,8-10,12,14,16H,5-7,11H2,1H3,(H2,24,29,30)(H,25,26,27)/t14-,16+/m1/s1. The fraction of sp³-hybridized carbons (Fsp3) is 0.318. The highest BCUT2D eigenvalue weighted by Gasteiger charge is 2.28. The van der Waals surface area contributed by atoms with Crippen LogP contribution in [0.15, 0.2) is 52.6 Å². The zero-order valence-electron chi connectivity index (χ0n) is 18.2. The predicted octanol–water partition coefficient (Wildman–Crippen LogP) is 4.68. The number of nitrogens with one attached hydrogen (secondary N) is 1. The maximum absolute atomic E-state index is 13.3. The van der Waals surface area contributed by atoms with Crippen LogP contribution in [-0.2, 0) is 14.5 Å². The van der Waals surface area contributed by atoms with Crippen molar-refractivity contribution in [3.8, 4) is 0 Å². The number of aryl methyl sites for hydroxylation is 1. The van der Waals surface area contributed by atoms with Gasteiger partial charge in [0.1, 0.15) is 12.1 Å². The SMILES string of the molecule is Cc1sc(C(=O)c2cncnc2N[C@H]2CC[C@@H](COS(N)(=O)=O)C2)cc1Sc1cccc(Cl)c1. The smallest absolute Gasteiger partial charge is 0.333 e. The van der Waals surface area contributed by atoms with Gasteiger partial charge in [-0.3, -0.25) is 8.98 Å². The van der Waals surface area contributed by atoms with Gasteiger partial charge in [0.15, 0.2) is 0 Å². The first-order valence-corrected chi connectivity index (χ1v) is 14.0. The Morgan fingerprint density at radius 3 is 2.94 bits per heavy atom. The third-order valence-corrected chi connectivity index (χ3v) is 8.44. The van der Waals surface area contributed by atoms with Gasteiger partial charge in [0.25, 0.3) is 0 Å². The molecule has 0 bridgehead atoms. The lowest BCUT2D eigenvalue weighted by Crippen LogP contribution is -2.22. The first-order chi connectivity index (χ1) is 16.2. The predicted molar refractivity (Wildman–Crippen MR) is 134 cm³/mol. The topological polar surface area (TPSA) is 124 Å². The highest BCUT2D eigenvalue weighted by molar-refractivity contribution is 7.99. The molecule has 0 spiro atoms. The highest BCUT2D eigenvalue weighted by Crippen LogP contribution is 2.37. The van der Waals surface area contributed by atoms with E-state index in [1.165, 1.54) is 23.9 Å². The maximum Gasteiger partial charge on any atom is 0.333 e. The van der Waals surface area contributed by atoms with E-state index in [0.717, 1.165) is 27.5 Å². The van der Waals surface area contributed by atoms with Crippen molar-refractivity contribution in [3.63, 3.8) is 0 Å². The Labute approximate surface area is 211 Å². The molecule has 0 unspecified atom stereocenters. The van der Waals surface area contributed by atoms with Crippen LogP contribution in [0.3, 0.4) is 0 Å². The van der Waals surface area contributed by atoms with Crippen LogP contribution in [-0.4, -0.2) is 36.8 Å². The van der Waals surface area contributed by atoms with Crippen molar-refractivity contribution in [1.29, 1.82) is 0 Å². The lowest BCUT2D eigenvalue weighted by atomic mass is 10.1. The van der Waals surface area contributed by atoms with Crippen molar-refractivity contribution in [2.24, 2.45) is 11.1 Å². The number of hydrogen-bond acceptors (Lipinski definition) is 9. The summed E-state index contributed by atoms with van der Waals surface area (Å²) in [5.41, 5.74) is 0.396. The third-order valence-electron chi connectivity index (χ3n) is 5.43. The van der Waals surface area contributed by atoms with Crippen molar-refractivity contribution < 1.29 is 17.4 Å². The molecule has 2 heterocycles. The molecule has 1 aliphatic carbocycles. The Kier molecular flexibility index (Phi) is 7.90. The largest absolute Gasteiger partial charge is 0.367 e. The number of aromatic nitrogens is 2. The summed E-state index contributed by atoms with van der Waals surface area (Å²) in [7, 11) is -3.95. The number of rotatable bonds is 9. The van der Waals surface area contributed by atoms with Crippen LogP contribution in [0.25, 0.3) is 0 Å². The number of ketones is 1. The van der Waals surface area contributed by atoms with Gasteiger partial charge < -0.3 is 5.32 Å². The van der Waals surface area contributed by atoms with E-state index in [1.54, 1.807) is 11.8 Å². The lowest BCUT2D eigenvalue weighted by Gasteiger charge is -2.15. The van der Waals surface area contributed by atoms with E-state index in [2.05, 4.69) is 15.3 Å². The van der Waals surface area contributed by atoms with Crippen LogP contribution < -0.4 is 10.5 Å². The molecule has 0 amide bonds. The molecule has 8 nitrogen and oxygen atoms in total. The number of nitrogens with zero attached hydrogens (tertiary/aromatic N) is 2. The molecule has 0 aliphatic heterocycles. The molecule has 12 heteroatoms. The Bertz CT molecular complexity index is 1300. The van der Waals surface area contributed by atoms with E-state index in [-0.39, 0.29) is 24.3 Å². The molecule has 3 aromatic rings. The molecule has 34 heavy (non-hydrogen) atoms. The fourth-order valence-corrected chi connectivity index (χ4v) is 6.56. The Morgan fingerprint density at radius 1 is 1.35 bits per heavy atom. The Morgan fingerprint density at radius 2 is 2.18 bits per heavy atom. The van der Waals surface area contributed by atoms with Gasteiger partial charge in [-0.25, -0.2) is 15.1 Å². The van der Waals surface area contributed by atoms with E-state index < -0.39 is 10.3 Å². The second-order valence-corrected chi connectivity index (χ2v) is 12.0. The number of nitrogens with two attached hydrogens (primary N) is 1. The van der Waals surface area contributed by atoms with E-state index in [4.69, 9.17) is 20.9 Å². The molecule has 1 fully saturated rings. The molecule has 180 valence electrons. The van der Waals surface area contributed by atoms with Gasteiger partial charge in [-0.1, -0.05) is 29.4 Å². The van der Waals surface area contributed by atoms with Gasteiger partial charge >= 0.3 is 10.3 Å². The summed E-state index contributed by atoms with van der Waals surface area (Å²) in [6, 6.07) is 9.51. The summed E-state index contributed by atoms with van der Waals surface area (Å²) < 4.78 is 26.8. The van der Waals surface area contributed by atoms with Crippen molar-refractivity contribution in [1.82, 2.24) is 9.97 Å². The van der Waals surface area contributed by atoms with Gasteiger partial charge in [-0.15, -0.1) is 11.3 Å². The van der Waals surface area contributed by atoms with Crippen LogP contribution in [0, 0.1) is 12.8 Å². The summed E-state index contributed by atoms with van der Waals surface area (Å²) in [6.45, 7) is 2.03. The first kappa shape index (κ1) is 25.1. The minimum Gasteiger partial charge on any atom is -0.367 e. The molecule has 1 saturated carbocycles. The molecule has 0 radical (unpaired) electrons. The third kappa shape index (κ3) is 6.55. The average Bonchev–Trinajstić information content (AvgIpc) is 3.38. The first-order valence-electron chi connectivity index (χ1n) is 10.5. The van der Waals surface area contributed by atoms with Crippen LogP contribution >= 0.6 is 34.7 Å². The Hall–Kier alpha value is -2.02. The summed E-state index contributed by atoms with van der Waals surface area (Å²) in [5, 5.41) is 8.91. The summed E-state index contributed by atoms with van der Waals surface area (Å²) in [5.74, 6) is 0.372. The Balaban J connectivity index is 1.46. The van der Waals surface area contributed by atoms with Crippen LogP contribution in [0.4, 0.5) is 5.82 Å². The number of thiophene rings is 1. The van der Waals surface area contributed by atoms with E-state index in [9.17, 15) is 13.2 Å². The highest BCUT2D eigenvalue weighted by atomic mass is 35.5. The molecule has 0 saturated heterocycles. The number of hydrogen-bond donors (Lipinski definition) is 2. The summed E-state index contributed by atoms with van der Waals surface area (Å²) in [6.07, 6.45) is 5.19. The number of anilines is 1. The van der Waals surface area contributed by atoms with Crippen LogP contribution in [0.5, 0.6) is 0 Å². The van der Waals surface area contributed by atoms with Crippen molar-refractivity contribution >= 4 is 56.6 Å². The van der Waals surface area contributed by atoms with Crippen molar-refractivity contribution in [3.05, 3.63) is 63.2 Å². The molecular formula is C22H23ClN4O4S3. The lowest BCUT2D eigenvalue weighted by molar-refractivity contribution is 0.104. The fourth-order valence-electron chi connectivity index (χ4n) is 3.82. The zero-order chi connectivity index (χ0) is 24.3. The number of carbonyl (C=O) groups is 1. The molecule has 3 N–H and O–H groups in total. The van der Waals surface area contributed by atoms with Gasteiger partial charge in [0, 0.05) is 31.9 Å². The van der Waals surface area contributed by atoms with Crippen molar-refractivity contribution in [2.75, 3.05) is 11.9 Å². The maximum atomic E-state index is 13.3. The minimum atomic E-state index is -3.95. The molecule has 2 atom stereocenters. The molecule has 1 aromatic carbocycles. The second-order valence-electron chi connectivity index (χ2n) is 8.00. The average molecular weight is 539 g/mol. The quantitative estimate of drug-likeness (QED) is 0.376. The molecular weight excluding hydrogens is 516 g/mol. The number of benzene rings is 1. The molecule has 2 aromatic heterocycles. The number of carbonyl (C=O) groups excluding carboxylic acids is 1. The normalized spacial score (nSPS) is 18.2. The second kappa shape index (κ2) is 10.7.